The van der Waals surface area contributed by atoms with Gasteiger partial charge in [-0.25, -0.2) is 12.7 Å². The van der Waals surface area contributed by atoms with Gasteiger partial charge in [0.1, 0.15) is 0 Å². The maximum absolute atomic E-state index is 12.5. The number of sulfonamides is 1. The summed E-state index contributed by atoms with van der Waals surface area (Å²) in [5, 5.41) is 2.80. The summed E-state index contributed by atoms with van der Waals surface area (Å²) in [6.45, 7) is 4.00. The SMILES string of the molecule is CCCS(=O)(=O)N1CCCC(C(=O)Nc2cccc(C(C)=O)c2)C1. The molecule has 0 aromatic heterocycles. The van der Waals surface area contributed by atoms with Crippen molar-refractivity contribution in [3.05, 3.63) is 29.8 Å². The van der Waals surface area contributed by atoms with Crippen molar-refractivity contribution in [3.63, 3.8) is 0 Å². The summed E-state index contributed by atoms with van der Waals surface area (Å²) in [7, 11) is -3.28. The number of amides is 1. The summed E-state index contributed by atoms with van der Waals surface area (Å²) >= 11 is 0. The van der Waals surface area contributed by atoms with Crippen molar-refractivity contribution in [3.8, 4) is 0 Å². The Kier molecular flexibility index (Phi) is 6.12. The molecule has 0 bridgehead atoms. The van der Waals surface area contributed by atoms with Crippen LogP contribution >= 0.6 is 0 Å². The van der Waals surface area contributed by atoms with Gasteiger partial charge in [0.15, 0.2) is 5.78 Å². The summed E-state index contributed by atoms with van der Waals surface area (Å²) in [4.78, 5) is 23.9. The molecular weight excluding hydrogens is 328 g/mol. The van der Waals surface area contributed by atoms with Crippen molar-refractivity contribution in [1.29, 1.82) is 0 Å². The molecular formula is C17H24N2O4S. The highest BCUT2D eigenvalue weighted by molar-refractivity contribution is 7.89. The van der Waals surface area contributed by atoms with Crippen molar-refractivity contribution in [2.75, 3.05) is 24.2 Å². The number of benzene rings is 1. The Morgan fingerprint density at radius 3 is 2.75 bits per heavy atom. The number of anilines is 1. The molecule has 0 saturated carbocycles. The first-order chi connectivity index (χ1) is 11.3. The molecule has 0 aliphatic carbocycles. The molecule has 6 nitrogen and oxygen atoms in total. The predicted molar refractivity (Wildman–Crippen MR) is 93.5 cm³/mol. The second kappa shape index (κ2) is 7.90. The molecule has 132 valence electrons. The van der Waals surface area contributed by atoms with E-state index >= 15 is 0 Å². The Hall–Kier alpha value is -1.73. The van der Waals surface area contributed by atoms with Crippen LogP contribution in [0, 0.1) is 5.92 Å². The van der Waals surface area contributed by atoms with Gasteiger partial charge < -0.3 is 5.32 Å². The van der Waals surface area contributed by atoms with Crippen LogP contribution in [0.1, 0.15) is 43.5 Å². The van der Waals surface area contributed by atoms with E-state index in [9.17, 15) is 18.0 Å². The third kappa shape index (κ3) is 4.64. The maximum Gasteiger partial charge on any atom is 0.228 e. The van der Waals surface area contributed by atoms with Crippen LogP contribution in [0.25, 0.3) is 0 Å². The number of carbonyl (C=O) groups is 2. The van der Waals surface area contributed by atoms with Gasteiger partial charge in [-0.15, -0.1) is 0 Å². The summed E-state index contributed by atoms with van der Waals surface area (Å²) in [5.41, 5.74) is 1.09. The number of nitrogens with zero attached hydrogens (tertiary/aromatic N) is 1. The average molecular weight is 352 g/mol. The van der Waals surface area contributed by atoms with Crippen molar-refractivity contribution >= 4 is 27.4 Å². The lowest BCUT2D eigenvalue weighted by Gasteiger charge is -2.31. The smallest absolute Gasteiger partial charge is 0.228 e. The zero-order valence-corrected chi connectivity index (χ0v) is 14.9. The molecule has 1 atom stereocenters. The zero-order valence-electron chi connectivity index (χ0n) is 14.1. The first-order valence-corrected chi connectivity index (χ1v) is 9.84. The van der Waals surface area contributed by atoms with Gasteiger partial charge in [-0.1, -0.05) is 19.1 Å². The fraction of sp³-hybridized carbons (Fsp3) is 0.529. The van der Waals surface area contributed by atoms with E-state index in [1.54, 1.807) is 24.3 Å². The van der Waals surface area contributed by atoms with Gasteiger partial charge in [0, 0.05) is 24.3 Å². The van der Waals surface area contributed by atoms with Crippen LogP contribution in [-0.2, 0) is 14.8 Å². The molecule has 1 amide bonds. The van der Waals surface area contributed by atoms with Crippen LogP contribution in [0.5, 0.6) is 0 Å². The van der Waals surface area contributed by atoms with Gasteiger partial charge in [0.05, 0.1) is 11.7 Å². The van der Waals surface area contributed by atoms with E-state index in [0.717, 1.165) is 0 Å². The summed E-state index contributed by atoms with van der Waals surface area (Å²) in [6.07, 6.45) is 1.90. The standard InChI is InChI=1S/C17H24N2O4S/c1-3-10-24(22,23)19-9-5-7-15(12-19)17(21)18-16-8-4-6-14(11-16)13(2)20/h4,6,8,11,15H,3,5,7,9-10,12H2,1-2H3,(H,18,21). The van der Waals surface area contributed by atoms with Crippen molar-refractivity contribution in [2.45, 2.75) is 33.1 Å². The van der Waals surface area contributed by atoms with Gasteiger partial charge >= 0.3 is 0 Å². The van der Waals surface area contributed by atoms with E-state index in [-0.39, 0.29) is 29.9 Å². The third-order valence-electron chi connectivity index (χ3n) is 4.15. The molecule has 1 aromatic rings. The molecule has 2 rings (SSSR count). The highest BCUT2D eigenvalue weighted by Crippen LogP contribution is 2.22. The lowest BCUT2D eigenvalue weighted by Crippen LogP contribution is -2.44. The van der Waals surface area contributed by atoms with E-state index in [0.29, 0.717) is 37.1 Å². The predicted octanol–water partition coefficient (Wildman–Crippen LogP) is 2.28. The van der Waals surface area contributed by atoms with Crippen LogP contribution in [0.3, 0.4) is 0 Å². The topological polar surface area (TPSA) is 83.6 Å². The van der Waals surface area contributed by atoms with Crippen LogP contribution in [0.4, 0.5) is 5.69 Å². The quantitative estimate of drug-likeness (QED) is 0.796. The molecule has 0 spiro atoms. The van der Waals surface area contributed by atoms with Gasteiger partial charge in [-0.2, -0.15) is 0 Å². The maximum atomic E-state index is 12.5. The van der Waals surface area contributed by atoms with Crippen LogP contribution in [-0.4, -0.2) is 43.3 Å². The molecule has 1 heterocycles. The monoisotopic (exact) mass is 352 g/mol. The van der Waals surface area contributed by atoms with E-state index in [2.05, 4.69) is 5.32 Å². The van der Waals surface area contributed by atoms with Gasteiger partial charge in [0.2, 0.25) is 15.9 Å². The number of piperidine rings is 1. The van der Waals surface area contributed by atoms with Crippen molar-refractivity contribution < 1.29 is 18.0 Å². The minimum atomic E-state index is -3.28. The van der Waals surface area contributed by atoms with Gasteiger partial charge in [-0.3, -0.25) is 9.59 Å². The molecule has 24 heavy (non-hydrogen) atoms. The second-order valence-electron chi connectivity index (χ2n) is 6.14. The van der Waals surface area contributed by atoms with Crippen molar-refractivity contribution in [1.82, 2.24) is 4.31 Å². The Morgan fingerprint density at radius 2 is 2.08 bits per heavy atom. The number of ketones is 1. The number of rotatable bonds is 6. The van der Waals surface area contributed by atoms with E-state index in [4.69, 9.17) is 0 Å². The second-order valence-corrected chi connectivity index (χ2v) is 8.23. The first-order valence-electron chi connectivity index (χ1n) is 8.23. The Bertz CT molecular complexity index is 715. The van der Waals surface area contributed by atoms with E-state index in [1.165, 1.54) is 11.2 Å². The van der Waals surface area contributed by atoms with Crippen LogP contribution < -0.4 is 5.32 Å². The fourth-order valence-electron chi connectivity index (χ4n) is 2.86. The average Bonchev–Trinajstić information content (AvgIpc) is 2.55. The molecule has 7 heteroatoms. The molecule has 1 N–H and O–H groups in total. The summed E-state index contributed by atoms with van der Waals surface area (Å²) < 4.78 is 25.8. The van der Waals surface area contributed by atoms with Crippen LogP contribution in [0.2, 0.25) is 0 Å². The first kappa shape index (κ1) is 18.6. The molecule has 1 aromatic carbocycles. The third-order valence-corrected chi connectivity index (χ3v) is 6.19. The van der Waals surface area contributed by atoms with E-state index in [1.807, 2.05) is 6.92 Å². The van der Waals surface area contributed by atoms with Gasteiger partial charge in [0.25, 0.3) is 0 Å². The minimum Gasteiger partial charge on any atom is -0.326 e. The molecule has 1 unspecified atom stereocenters. The zero-order chi connectivity index (χ0) is 17.7. The minimum absolute atomic E-state index is 0.0689. The number of carbonyl (C=O) groups excluding carboxylic acids is 2. The summed E-state index contributed by atoms with van der Waals surface area (Å²) in [6, 6.07) is 6.76. The molecule has 1 aliphatic rings. The highest BCUT2D eigenvalue weighted by atomic mass is 32.2. The van der Waals surface area contributed by atoms with Crippen LogP contribution in [0.15, 0.2) is 24.3 Å². The fourth-order valence-corrected chi connectivity index (χ4v) is 4.44. The lowest BCUT2D eigenvalue weighted by molar-refractivity contribution is -0.120. The number of nitrogens with one attached hydrogen (secondary N) is 1. The van der Waals surface area contributed by atoms with E-state index < -0.39 is 10.0 Å². The normalized spacial score (nSPS) is 19.0. The molecule has 1 aliphatic heterocycles. The highest BCUT2D eigenvalue weighted by Gasteiger charge is 2.31. The molecule has 0 radical (unpaired) electrons. The molecule has 1 fully saturated rings. The Balaban J connectivity index is 2.04. The van der Waals surface area contributed by atoms with Gasteiger partial charge in [-0.05, 0) is 38.3 Å². The number of hydrogen-bond acceptors (Lipinski definition) is 4. The summed E-state index contributed by atoms with van der Waals surface area (Å²) in [5.74, 6) is -0.527. The Morgan fingerprint density at radius 1 is 1.33 bits per heavy atom. The Labute approximate surface area is 143 Å². The lowest BCUT2D eigenvalue weighted by atomic mass is 9.98. The largest absolute Gasteiger partial charge is 0.326 e. The number of hydrogen-bond donors (Lipinski definition) is 1. The van der Waals surface area contributed by atoms with Crippen molar-refractivity contribution in [2.24, 2.45) is 5.92 Å². The molecule has 1 saturated heterocycles. The number of Topliss-reactive ketones (excluding diaryl/α,β-unsaturated/α-hetero) is 1.